The molecular formula is C33H42O4. The molecule has 0 aliphatic rings. The van der Waals surface area contributed by atoms with Gasteiger partial charge in [-0.15, -0.1) is 0 Å². The molecule has 0 amide bonds. The van der Waals surface area contributed by atoms with Crippen LogP contribution >= 0.6 is 0 Å². The summed E-state index contributed by atoms with van der Waals surface area (Å²) in [5.74, 6) is 1.45. The van der Waals surface area contributed by atoms with E-state index in [0.29, 0.717) is 31.8 Å². The van der Waals surface area contributed by atoms with E-state index in [2.05, 4.69) is 62.5 Å². The molecule has 0 spiro atoms. The Bertz CT molecular complexity index is 1150. The first-order chi connectivity index (χ1) is 18.0. The van der Waals surface area contributed by atoms with E-state index >= 15 is 0 Å². The second-order valence-corrected chi connectivity index (χ2v) is 9.73. The summed E-state index contributed by atoms with van der Waals surface area (Å²) >= 11 is 0. The average Bonchev–Trinajstić information content (AvgIpc) is 2.92. The largest absolute Gasteiger partial charge is 0.493 e. The number of unbranched alkanes of at least 4 members (excludes halogenated alkanes) is 4. The van der Waals surface area contributed by atoms with Gasteiger partial charge in [0.05, 0.1) is 26.4 Å². The summed E-state index contributed by atoms with van der Waals surface area (Å²) in [5.41, 5.74) is 5.20. The first kappa shape index (κ1) is 28.5. The maximum Gasteiger partial charge on any atom is 0.130 e. The zero-order valence-corrected chi connectivity index (χ0v) is 22.3. The number of aryl methyl sites for hydroxylation is 1. The number of benzene rings is 3. The van der Waals surface area contributed by atoms with Gasteiger partial charge in [0.1, 0.15) is 11.5 Å². The highest BCUT2D eigenvalue weighted by atomic mass is 16.5. The molecule has 0 bridgehead atoms. The minimum Gasteiger partial charge on any atom is -0.493 e. The maximum atomic E-state index is 9.24. The van der Waals surface area contributed by atoms with Gasteiger partial charge in [-0.2, -0.15) is 0 Å². The van der Waals surface area contributed by atoms with Gasteiger partial charge in [0.15, 0.2) is 0 Å². The summed E-state index contributed by atoms with van der Waals surface area (Å²) in [6.45, 7) is 10.7. The summed E-state index contributed by atoms with van der Waals surface area (Å²) in [7, 11) is 0. The molecule has 37 heavy (non-hydrogen) atoms. The van der Waals surface area contributed by atoms with Crippen LogP contribution in [0.2, 0.25) is 0 Å². The molecule has 0 aliphatic carbocycles. The first-order valence-electron chi connectivity index (χ1n) is 13.5. The van der Waals surface area contributed by atoms with Crippen LogP contribution in [0.4, 0.5) is 0 Å². The van der Waals surface area contributed by atoms with E-state index in [-0.39, 0.29) is 13.2 Å². The van der Waals surface area contributed by atoms with Crippen molar-refractivity contribution in [3.63, 3.8) is 0 Å². The van der Waals surface area contributed by atoms with Crippen molar-refractivity contribution >= 4 is 10.8 Å². The second-order valence-electron chi connectivity index (χ2n) is 9.73. The molecule has 0 aliphatic heterocycles. The van der Waals surface area contributed by atoms with Crippen molar-refractivity contribution in [2.45, 2.75) is 58.3 Å². The fourth-order valence-electron chi connectivity index (χ4n) is 4.26. The minimum absolute atomic E-state index is 0.0365. The fourth-order valence-corrected chi connectivity index (χ4v) is 4.26. The molecule has 2 N–H and O–H groups in total. The molecule has 198 valence electrons. The molecule has 3 rings (SSSR count). The summed E-state index contributed by atoms with van der Waals surface area (Å²) in [6, 6.07) is 19.3. The van der Waals surface area contributed by atoms with Crippen molar-refractivity contribution < 1.29 is 19.7 Å². The third-order valence-electron chi connectivity index (χ3n) is 6.63. The van der Waals surface area contributed by atoms with E-state index < -0.39 is 0 Å². The normalized spacial score (nSPS) is 11.0. The standard InChI is InChI=1S/C33H42O4/c1-4-5-6-7-8-9-27-10-12-28(13-11-27)29-14-15-32-30(20-29)21-31(36-18-16-25(2)23-34)22-33(32)37-19-17-26(3)24-35/h10-15,20-22,34-35H,2-9,16-19,23-24H2,1H3. The van der Waals surface area contributed by atoms with Crippen LogP contribution in [0.15, 0.2) is 78.9 Å². The number of hydrogen-bond acceptors (Lipinski definition) is 4. The van der Waals surface area contributed by atoms with Gasteiger partial charge < -0.3 is 19.7 Å². The topological polar surface area (TPSA) is 58.9 Å². The van der Waals surface area contributed by atoms with Crippen LogP contribution in [0.1, 0.15) is 57.4 Å². The highest BCUT2D eigenvalue weighted by Crippen LogP contribution is 2.35. The van der Waals surface area contributed by atoms with Crippen molar-refractivity contribution in [3.05, 3.63) is 84.5 Å². The van der Waals surface area contributed by atoms with Crippen molar-refractivity contribution in [2.24, 2.45) is 0 Å². The van der Waals surface area contributed by atoms with Gasteiger partial charge in [-0.1, -0.05) is 82.2 Å². The minimum atomic E-state index is -0.0387. The van der Waals surface area contributed by atoms with Crippen molar-refractivity contribution in [1.82, 2.24) is 0 Å². The molecule has 0 heterocycles. The van der Waals surface area contributed by atoms with Crippen molar-refractivity contribution in [3.8, 4) is 22.6 Å². The van der Waals surface area contributed by atoms with Crippen LogP contribution in [0, 0.1) is 0 Å². The van der Waals surface area contributed by atoms with Crippen LogP contribution in [-0.4, -0.2) is 36.6 Å². The maximum absolute atomic E-state index is 9.24. The lowest BCUT2D eigenvalue weighted by Gasteiger charge is -2.15. The molecule has 4 nitrogen and oxygen atoms in total. The molecule has 0 aromatic heterocycles. The van der Waals surface area contributed by atoms with Gasteiger partial charge in [-0.25, -0.2) is 0 Å². The Kier molecular flexibility index (Phi) is 11.7. The SMILES string of the molecule is C=C(CO)CCOc1cc(OCCC(=C)CO)c2ccc(-c3ccc(CCCCCCC)cc3)cc2c1. The van der Waals surface area contributed by atoms with Gasteiger partial charge in [0, 0.05) is 24.3 Å². The van der Waals surface area contributed by atoms with Gasteiger partial charge in [-0.05, 0) is 58.2 Å². The smallest absolute Gasteiger partial charge is 0.130 e. The lowest BCUT2D eigenvalue weighted by Crippen LogP contribution is -2.03. The van der Waals surface area contributed by atoms with E-state index in [1.165, 1.54) is 43.2 Å². The van der Waals surface area contributed by atoms with Crippen LogP contribution < -0.4 is 9.47 Å². The molecular weight excluding hydrogens is 460 g/mol. The Morgan fingerprint density at radius 3 is 2.05 bits per heavy atom. The summed E-state index contributed by atoms with van der Waals surface area (Å²) < 4.78 is 12.1. The van der Waals surface area contributed by atoms with Crippen LogP contribution in [0.3, 0.4) is 0 Å². The number of fused-ring (bicyclic) bond motifs is 1. The summed E-state index contributed by atoms with van der Waals surface area (Å²) in [4.78, 5) is 0. The predicted molar refractivity (Wildman–Crippen MR) is 155 cm³/mol. The molecule has 0 saturated carbocycles. The molecule has 0 unspecified atom stereocenters. The van der Waals surface area contributed by atoms with Crippen LogP contribution in [0.25, 0.3) is 21.9 Å². The monoisotopic (exact) mass is 502 g/mol. The Morgan fingerprint density at radius 2 is 1.38 bits per heavy atom. The molecule has 0 fully saturated rings. The van der Waals surface area contributed by atoms with Gasteiger partial charge in [0.25, 0.3) is 0 Å². The Labute approximate surface area is 222 Å². The van der Waals surface area contributed by atoms with E-state index in [1.54, 1.807) is 0 Å². The molecule has 3 aromatic rings. The summed E-state index contributed by atoms with van der Waals surface area (Å²) in [6.07, 6.45) is 8.80. The van der Waals surface area contributed by atoms with Gasteiger partial charge >= 0.3 is 0 Å². The first-order valence-corrected chi connectivity index (χ1v) is 13.5. The lowest BCUT2D eigenvalue weighted by molar-refractivity contribution is 0.286. The lowest BCUT2D eigenvalue weighted by atomic mass is 9.98. The number of aliphatic hydroxyl groups excluding tert-OH is 2. The number of hydrogen-bond donors (Lipinski definition) is 2. The van der Waals surface area contributed by atoms with E-state index in [1.807, 2.05) is 12.1 Å². The third kappa shape index (κ3) is 9.07. The highest BCUT2D eigenvalue weighted by Gasteiger charge is 2.10. The summed E-state index contributed by atoms with van der Waals surface area (Å²) in [5, 5.41) is 20.5. The zero-order chi connectivity index (χ0) is 26.5. The zero-order valence-electron chi connectivity index (χ0n) is 22.3. The molecule has 0 saturated heterocycles. The van der Waals surface area contributed by atoms with E-state index in [0.717, 1.165) is 39.7 Å². The fraction of sp³-hybridized carbons (Fsp3) is 0.394. The molecule has 3 aromatic carbocycles. The second kappa shape index (κ2) is 15.2. The van der Waals surface area contributed by atoms with E-state index in [9.17, 15) is 10.2 Å². The predicted octanol–water partition coefficient (Wildman–Crippen LogP) is 7.65. The number of ether oxygens (including phenoxy) is 2. The van der Waals surface area contributed by atoms with Gasteiger partial charge in [-0.3, -0.25) is 0 Å². The Balaban J connectivity index is 1.78. The third-order valence-corrected chi connectivity index (χ3v) is 6.63. The van der Waals surface area contributed by atoms with Gasteiger partial charge in [0.2, 0.25) is 0 Å². The van der Waals surface area contributed by atoms with Crippen LogP contribution in [-0.2, 0) is 6.42 Å². The highest BCUT2D eigenvalue weighted by molar-refractivity contribution is 5.93. The number of aliphatic hydroxyl groups is 2. The van der Waals surface area contributed by atoms with Crippen molar-refractivity contribution in [1.29, 1.82) is 0 Å². The van der Waals surface area contributed by atoms with Crippen molar-refractivity contribution in [2.75, 3.05) is 26.4 Å². The molecule has 0 atom stereocenters. The van der Waals surface area contributed by atoms with E-state index in [4.69, 9.17) is 9.47 Å². The molecule has 4 heteroatoms. The molecule has 0 radical (unpaired) electrons. The number of rotatable bonds is 17. The van der Waals surface area contributed by atoms with Crippen LogP contribution in [0.5, 0.6) is 11.5 Å². The quantitative estimate of drug-likeness (QED) is 0.147. The Hall–Kier alpha value is -3.08. The Morgan fingerprint density at radius 1 is 0.730 bits per heavy atom. The average molecular weight is 503 g/mol.